The molecule has 0 fully saturated rings. The van der Waals surface area contributed by atoms with Crippen LogP contribution >= 0.6 is 0 Å². The summed E-state index contributed by atoms with van der Waals surface area (Å²) in [6.45, 7) is 3.51. The van der Waals surface area contributed by atoms with E-state index in [1.54, 1.807) is 24.3 Å². The molecule has 0 amide bonds. The number of nitriles is 2. The first-order chi connectivity index (χ1) is 5.85. The quantitative estimate of drug-likeness (QED) is 0.464. The van der Waals surface area contributed by atoms with Crippen LogP contribution in [-0.2, 0) is 0 Å². The van der Waals surface area contributed by atoms with Crippen molar-refractivity contribution < 1.29 is 0 Å². The molecule has 0 saturated carbocycles. The lowest BCUT2D eigenvalue weighted by molar-refractivity contribution is 1.52. The molecule has 2 heteroatoms. The van der Waals surface area contributed by atoms with Gasteiger partial charge < -0.3 is 0 Å². The largest absolute Gasteiger partial charge is 0.193 e. The van der Waals surface area contributed by atoms with Crippen LogP contribution in [0.3, 0.4) is 0 Å². The van der Waals surface area contributed by atoms with Crippen molar-refractivity contribution in [2.45, 2.75) is 0 Å². The van der Waals surface area contributed by atoms with Crippen LogP contribution < -0.4 is 0 Å². The molecule has 0 aliphatic carbocycles. The Kier molecular flexibility index (Phi) is 5.84. The molecule has 0 bridgehead atoms. The van der Waals surface area contributed by atoms with Gasteiger partial charge in [-0.15, -0.1) is 0 Å². The lowest BCUT2D eigenvalue weighted by Gasteiger charge is -1.86. The molecule has 0 aliphatic heterocycles. The average Bonchev–Trinajstić information content (AvgIpc) is 2.10. The van der Waals surface area contributed by atoms with Crippen molar-refractivity contribution in [3.8, 4) is 12.1 Å². The number of nitrogens with zero attached hydrogens (tertiary/aromatic N) is 2. The van der Waals surface area contributed by atoms with E-state index in [9.17, 15) is 0 Å². The molecule has 0 spiro atoms. The summed E-state index contributed by atoms with van der Waals surface area (Å²) in [5.74, 6) is 0. The fraction of sp³-hybridized carbons (Fsp3) is 0. The Morgan fingerprint density at radius 1 is 1.08 bits per heavy atom. The molecule has 0 radical (unpaired) electrons. The Bertz CT molecular complexity index is 280. The zero-order valence-electron chi connectivity index (χ0n) is 6.57. The summed E-state index contributed by atoms with van der Waals surface area (Å²) < 4.78 is 0. The molecule has 0 aromatic heterocycles. The standard InChI is InChI=1S/C10H8N2/c1-2-5-10(6-3-8-11)7-4-9-12/h2-7H,1H2. The van der Waals surface area contributed by atoms with Crippen molar-refractivity contribution in [3.05, 3.63) is 48.6 Å². The van der Waals surface area contributed by atoms with Gasteiger partial charge in [0.05, 0.1) is 12.1 Å². The van der Waals surface area contributed by atoms with E-state index in [-0.39, 0.29) is 0 Å². The molecule has 2 nitrogen and oxygen atoms in total. The second-order valence-electron chi connectivity index (χ2n) is 1.83. The van der Waals surface area contributed by atoms with Gasteiger partial charge in [-0.3, -0.25) is 0 Å². The minimum absolute atomic E-state index is 0.771. The van der Waals surface area contributed by atoms with Crippen molar-refractivity contribution in [1.29, 1.82) is 10.5 Å². The van der Waals surface area contributed by atoms with Crippen LogP contribution in [-0.4, -0.2) is 0 Å². The summed E-state index contributed by atoms with van der Waals surface area (Å²) in [5.41, 5.74) is 0.771. The third-order valence-corrected chi connectivity index (χ3v) is 1.01. The lowest BCUT2D eigenvalue weighted by atomic mass is 10.2. The highest BCUT2D eigenvalue weighted by atomic mass is 14.2. The van der Waals surface area contributed by atoms with Crippen molar-refractivity contribution >= 4 is 0 Å². The molecular formula is C10H8N2. The first kappa shape index (κ1) is 9.94. The summed E-state index contributed by atoms with van der Waals surface area (Å²) in [7, 11) is 0. The molecule has 0 atom stereocenters. The van der Waals surface area contributed by atoms with E-state index in [1.165, 1.54) is 12.2 Å². The van der Waals surface area contributed by atoms with Gasteiger partial charge in [-0.1, -0.05) is 18.7 Å². The van der Waals surface area contributed by atoms with Crippen molar-refractivity contribution in [1.82, 2.24) is 0 Å². The van der Waals surface area contributed by atoms with Gasteiger partial charge >= 0.3 is 0 Å². The molecule has 0 N–H and O–H groups in total. The smallest absolute Gasteiger partial charge is 0.0912 e. The zero-order chi connectivity index (χ0) is 9.23. The fourth-order valence-electron chi connectivity index (χ4n) is 0.570. The minimum Gasteiger partial charge on any atom is -0.193 e. The highest BCUT2D eigenvalue weighted by Gasteiger charge is 1.81. The van der Waals surface area contributed by atoms with Crippen LogP contribution in [0.15, 0.2) is 48.6 Å². The van der Waals surface area contributed by atoms with Crippen LogP contribution in [0.1, 0.15) is 0 Å². The topological polar surface area (TPSA) is 47.6 Å². The Hall–Kier alpha value is -2.06. The first-order valence-electron chi connectivity index (χ1n) is 3.30. The van der Waals surface area contributed by atoms with Crippen LogP contribution in [0.2, 0.25) is 0 Å². The molecule has 0 saturated heterocycles. The van der Waals surface area contributed by atoms with Gasteiger partial charge in [0.2, 0.25) is 0 Å². The van der Waals surface area contributed by atoms with Crippen molar-refractivity contribution in [2.24, 2.45) is 0 Å². The number of rotatable bonds is 3. The highest BCUT2D eigenvalue weighted by Crippen LogP contribution is 1.98. The molecule has 0 rings (SSSR count). The van der Waals surface area contributed by atoms with Crippen LogP contribution in [0.25, 0.3) is 0 Å². The Morgan fingerprint density at radius 3 is 1.92 bits per heavy atom. The predicted molar refractivity (Wildman–Crippen MR) is 47.8 cm³/mol. The number of hydrogen-bond acceptors (Lipinski definition) is 2. The average molecular weight is 156 g/mol. The van der Waals surface area contributed by atoms with Crippen LogP contribution in [0.4, 0.5) is 0 Å². The van der Waals surface area contributed by atoms with E-state index in [2.05, 4.69) is 6.58 Å². The summed E-state index contributed by atoms with van der Waals surface area (Å²) in [4.78, 5) is 0. The molecule has 0 heterocycles. The zero-order valence-corrected chi connectivity index (χ0v) is 6.57. The van der Waals surface area contributed by atoms with Gasteiger partial charge in [0.25, 0.3) is 0 Å². The Morgan fingerprint density at radius 2 is 1.58 bits per heavy atom. The van der Waals surface area contributed by atoms with E-state index in [0.717, 1.165) is 5.57 Å². The van der Waals surface area contributed by atoms with Gasteiger partial charge in [-0.2, -0.15) is 10.5 Å². The first-order valence-corrected chi connectivity index (χ1v) is 3.30. The van der Waals surface area contributed by atoms with E-state index in [4.69, 9.17) is 10.5 Å². The van der Waals surface area contributed by atoms with E-state index >= 15 is 0 Å². The molecule has 58 valence electrons. The third-order valence-electron chi connectivity index (χ3n) is 1.01. The minimum atomic E-state index is 0.771. The molecule has 0 unspecified atom stereocenters. The maximum atomic E-state index is 8.23. The maximum absolute atomic E-state index is 8.23. The third kappa shape index (κ3) is 4.78. The normalized spacial score (nSPS) is 9.17. The van der Waals surface area contributed by atoms with Crippen LogP contribution in [0, 0.1) is 22.7 Å². The second-order valence-corrected chi connectivity index (χ2v) is 1.83. The van der Waals surface area contributed by atoms with E-state index in [1.807, 2.05) is 12.1 Å². The summed E-state index contributed by atoms with van der Waals surface area (Å²) >= 11 is 0. The molecule has 0 aliphatic rings. The fourth-order valence-corrected chi connectivity index (χ4v) is 0.570. The number of allylic oxidation sites excluding steroid dienone is 7. The van der Waals surface area contributed by atoms with Gasteiger partial charge in [-0.25, -0.2) is 0 Å². The Balaban J connectivity index is 4.50. The summed E-state index contributed by atoms with van der Waals surface area (Å²) in [6.07, 6.45) is 9.21. The molecule has 0 aromatic rings. The summed E-state index contributed by atoms with van der Waals surface area (Å²) in [5, 5.41) is 16.5. The molecule has 0 aromatic carbocycles. The summed E-state index contributed by atoms with van der Waals surface area (Å²) in [6, 6.07) is 3.72. The second kappa shape index (κ2) is 7.05. The molecular weight excluding hydrogens is 148 g/mol. The predicted octanol–water partition coefficient (Wildman–Crippen LogP) is 2.26. The highest BCUT2D eigenvalue weighted by molar-refractivity contribution is 5.36. The van der Waals surface area contributed by atoms with Gasteiger partial charge in [0.15, 0.2) is 0 Å². The van der Waals surface area contributed by atoms with Crippen LogP contribution in [0.5, 0.6) is 0 Å². The van der Waals surface area contributed by atoms with E-state index < -0.39 is 0 Å². The Labute approximate surface area is 72.1 Å². The van der Waals surface area contributed by atoms with Gasteiger partial charge in [0.1, 0.15) is 0 Å². The lowest BCUT2D eigenvalue weighted by Crippen LogP contribution is -1.68. The maximum Gasteiger partial charge on any atom is 0.0912 e. The monoisotopic (exact) mass is 156 g/mol. The number of hydrogen-bond donors (Lipinski definition) is 0. The van der Waals surface area contributed by atoms with Crippen molar-refractivity contribution in [2.75, 3.05) is 0 Å². The van der Waals surface area contributed by atoms with E-state index in [0.29, 0.717) is 0 Å². The van der Waals surface area contributed by atoms with Gasteiger partial charge in [0, 0.05) is 12.2 Å². The SMILES string of the molecule is C=CC=C(C=CC#N)C=CC#N. The van der Waals surface area contributed by atoms with Gasteiger partial charge in [-0.05, 0) is 17.7 Å². The molecule has 12 heavy (non-hydrogen) atoms. The van der Waals surface area contributed by atoms with Crippen molar-refractivity contribution in [3.63, 3.8) is 0 Å².